The minimum absolute atomic E-state index is 0.000252. The summed E-state index contributed by atoms with van der Waals surface area (Å²) in [5.41, 5.74) is 3.50. The third-order valence-corrected chi connectivity index (χ3v) is 9.39. The summed E-state index contributed by atoms with van der Waals surface area (Å²) >= 11 is 7.58. The molecule has 1 N–H and O–H groups in total. The van der Waals surface area contributed by atoms with E-state index in [1.54, 1.807) is 36.6 Å². The van der Waals surface area contributed by atoms with Gasteiger partial charge >= 0.3 is 0 Å². The Morgan fingerprint density at radius 2 is 1.95 bits per heavy atom. The van der Waals surface area contributed by atoms with Crippen LogP contribution in [0.1, 0.15) is 35.4 Å². The number of thiazole rings is 1. The molecule has 11 heteroatoms. The molecule has 0 bridgehead atoms. The summed E-state index contributed by atoms with van der Waals surface area (Å²) in [5.74, 6) is 0.765. The van der Waals surface area contributed by atoms with E-state index in [4.69, 9.17) is 21.1 Å². The Balaban J connectivity index is 1.59. The number of sulfonamides is 1. The molecule has 3 aromatic rings. The first-order valence-electron chi connectivity index (χ1n) is 12.0. The average Bonchev–Trinajstić information content (AvgIpc) is 3.17. The van der Waals surface area contributed by atoms with Crippen molar-refractivity contribution in [2.75, 3.05) is 20.3 Å². The van der Waals surface area contributed by atoms with Gasteiger partial charge < -0.3 is 14.8 Å². The molecule has 0 saturated carbocycles. The Morgan fingerprint density at radius 1 is 1.16 bits per heavy atom. The highest BCUT2D eigenvalue weighted by Gasteiger charge is 2.36. The molecule has 1 saturated heterocycles. The number of carbonyl (C=O) groups is 1. The van der Waals surface area contributed by atoms with Crippen LogP contribution in [-0.4, -0.2) is 49.9 Å². The second-order valence-corrected chi connectivity index (χ2v) is 12.0. The van der Waals surface area contributed by atoms with Crippen LogP contribution in [0.25, 0.3) is 0 Å². The van der Waals surface area contributed by atoms with Crippen LogP contribution in [0.15, 0.2) is 52.9 Å². The number of hydrogen-bond acceptors (Lipinski definition) is 7. The van der Waals surface area contributed by atoms with Crippen molar-refractivity contribution in [1.82, 2.24) is 14.6 Å². The lowest BCUT2D eigenvalue weighted by Crippen LogP contribution is -2.48. The number of ether oxygens (including phenoxy) is 2. The highest BCUT2D eigenvalue weighted by atomic mass is 35.5. The second-order valence-electron chi connectivity index (χ2n) is 8.75. The van der Waals surface area contributed by atoms with Gasteiger partial charge in [0, 0.05) is 29.4 Å². The standard InChI is InChI=1S/C26H30ClN3O5S2/c1-18-25(36-17-29-18)12-14-35-23-11-6-19(15-24(23)34-2)16-30(22-5-3-4-13-28-26(22)31)37(32,33)21-9-7-20(27)8-10-21/h6-11,15,17,22H,3-5,12-14,16H2,1-2H3,(H,28,31)/t22-/m0/s1. The number of rotatable bonds is 10. The predicted octanol–water partition coefficient (Wildman–Crippen LogP) is 4.59. The Hall–Kier alpha value is -2.66. The Labute approximate surface area is 226 Å². The molecule has 1 atom stereocenters. The van der Waals surface area contributed by atoms with Gasteiger partial charge in [0.05, 0.1) is 29.8 Å². The third kappa shape index (κ3) is 6.62. The van der Waals surface area contributed by atoms with Gasteiger partial charge in [-0.25, -0.2) is 13.4 Å². The van der Waals surface area contributed by atoms with Crippen LogP contribution in [0.3, 0.4) is 0 Å². The van der Waals surface area contributed by atoms with Gasteiger partial charge in [-0.2, -0.15) is 4.31 Å². The Kier molecular flexibility index (Phi) is 9.07. The van der Waals surface area contributed by atoms with Gasteiger partial charge in [0.15, 0.2) is 11.5 Å². The number of benzene rings is 2. The SMILES string of the molecule is COc1cc(CN([C@H]2CCCCNC2=O)S(=O)(=O)c2ccc(Cl)cc2)ccc1OCCc1scnc1C. The fourth-order valence-corrected chi connectivity index (χ4v) is 6.73. The van der Waals surface area contributed by atoms with Crippen LogP contribution in [-0.2, 0) is 27.8 Å². The number of carbonyl (C=O) groups excluding carboxylic acids is 1. The lowest BCUT2D eigenvalue weighted by Gasteiger charge is -2.29. The largest absolute Gasteiger partial charge is 0.493 e. The Morgan fingerprint density at radius 3 is 2.65 bits per heavy atom. The van der Waals surface area contributed by atoms with Crippen LogP contribution in [0.2, 0.25) is 5.02 Å². The van der Waals surface area contributed by atoms with Crippen molar-refractivity contribution in [2.45, 2.75) is 50.1 Å². The van der Waals surface area contributed by atoms with E-state index in [1.807, 2.05) is 12.4 Å². The van der Waals surface area contributed by atoms with Crippen molar-refractivity contribution >= 4 is 38.9 Å². The number of nitrogens with one attached hydrogen (secondary N) is 1. The molecule has 8 nitrogen and oxygen atoms in total. The molecule has 37 heavy (non-hydrogen) atoms. The van der Waals surface area contributed by atoms with Gasteiger partial charge in [0.1, 0.15) is 6.04 Å². The predicted molar refractivity (Wildman–Crippen MR) is 144 cm³/mol. The van der Waals surface area contributed by atoms with Crippen LogP contribution in [0.4, 0.5) is 0 Å². The first kappa shape index (κ1) is 27.4. The van der Waals surface area contributed by atoms with Crippen molar-refractivity contribution in [1.29, 1.82) is 0 Å². The molecular formula is C26H30ClN3O5S2. The molecule has 198 valence electrons. The maximum absolute atomic E-state index is 13.8. The van der Waals surface area contributed by atoms with Gasteiger partial charge in [-0.1, -0.05) is 17.7 Å². The van der Waals surface area contributed by atoms with Gasteiger partial charge in [0.25, 0.3) is 0 Å². The summed E-state index contributed by atoms with van der Waals surface area (Å²) < 4.78 is 40.3. The van der Waals surface area contributed by atoms with E-state index >= 15 is 0 Å². The number of aromatic nitrogens is 1. The summed E-state index contributed by atoms with van der Waals surface area (Å²) in [7, 11) is -2.46. The number of amides is 1. The first-order valence-corrected chi connectivity index (χ1v) is 14.7. The van der Waals surface area contributed by atoms with E-state index in [2.05, 4.69) is 10.3 Å². The van der Waals surface area contributed by atoms with Gasteiger partial charge in [-0.05, 0) is 68.1 Å². The number of aryl methyl sites for hydroxylation is 1. The zero-order valence-electron chi connectivity index (χ0n) is 20.8. The second kappa shape index (κ2) is 12.3. The molecule has 1 aliphatic heterocycles. The number of hydrogen-bond donors (Lipinski definition) is 1. The van der Waals surface area contributed by atoms with Crippen molar-refractivity contribution in [3.8, 4) is 11.5 Å². The molecule has 1 fully saturated rings. The minimum Gasteiger partial charge on any atom is -0.493 e. The van der Waals surface area contributed by atoms with Crippen molar-refractivity contribution in [3.05, 3.63) is 69.1 Å². The average molecular weight is 564 g/mol. The molecular weight excluding hydrogens is 534 g/mol. The minimum atomic E-state index is -4.00. The summed E-state index contributed by atoms with van der Waals surface area (Å²) in [6.45, 7) is 2.96. The Bertz CT molecular complexity index is 1330. The van der Waals surface area contributed by atoms with Crippen molar-refractivity contribution in [3.63, 3.8) is 0 Å². The lowest BCUT2D eigenvalue weighted by molar-refractivity contribution is -0.124. The maximum Gasteiger partial charge on any atom is 0.244 e. The van der Waals surface area contributed by atoms with E-state index in [-0.39, 0.29) is 17.3 Å². The first-order chi connectivity index (χ1) is 17.8. The zero-order valence-corrected chi connectivity index (χ0v) is 23.2. The molecule has 4 rings (SSSR count). The topological polar surface area (TPSA) is 97.8 Å². The molecule has 1 aromatic heterocycles. The normalized spacial score (nSPS) is 16.3. The van der Waals surface area contributed by atoms with Gasteiger partial charge in [0.2, 0.25) is 15.9 Å². The zero-order chi connectivity index (χ0) is 26.4. The van der Waals surface area contributed by atoms with Crippen molar-refractivity contribution < 1.29 is 22.7 Å². The highest BCUT2D eigenvalue weighted by Crippen LogP contribution is 2.31. The fraction of sp³-hybridized carbons (Fsp3) is 0.385. The molecule has 1 amide bonds. The van der Waals surface area contributed by atoms with Crippen LogP contribution < -0.4 is 14.8 Å². The number of nitrogens with zero attached hydrogens (tertiary/aromatic N) is 2. The lowest BCUT2D eigenvalue weighted by atomic mass is 10.1. The summed E-state index contributed by atoms with van der Waals surface area (Å²) in [4.78, 5) is 18.4. The smallest absolute Gasteiger partial charge is 0.244 e. The number of halogens is 1. The number of methoxy groups -OCH3 is 1. The van der Waals surface area contributed by atoms with E-state index < -0.39 is 16.1 Å². The molecule has 0 aliphatic carbocycles. The van der Waals surface area contributed by atoms with E-state index in [9.17, 15) is 13.2 Å². The van der Waals surface area contributed by atoms with Crippen LogP contribution in [0.5, 0.6) is 11.5 Å². The molecule has 0 spiro atoms. The van der Waals surface area contributed by atoms with Crippen LogP contribution in [0, 0.1) is 6.92 Å². The molecule has 0 radical (unpaired) electrons. The summed E-state index contributed by atoms with van der Waals surface area (Å²) in [5, 5.41) is 3.28. The van der Waals surface area contributed by atoms with Crippen LogP contribution >= 0.6 is 22.9 Å². The molecule has 1 aliphatic rings. The van der Waals surface area contributed by atoms with E-state index in [0.717, 1.165) is 25.0 Å². The van der Waals surface area contributed by atoms with Crippen molar-refractivity contribution in [2.24, 2.45) is 0 Å². The van der Waals surface area contributed by atoms with Gasteiger partial charge in [-0.15, -0.1) is 11.3 Å². The molecule has 2 heterocycles. The maximum atomic E-state index is 13.8. The summed E-state index contributed by atoms with van der Waals surface area (Å²) in [6.07, 6.45) is 2.71. The summed E-state index contributed by atoms with van der Waals surface area (Å²) in [6, 6.07) is 10.5. The monoisotopic (exact) mass is 563 g/mol. The quantitative estimate of drug-likeness (QED) is 0.387. The fourth-order valence-electron chi connectivity index (χ4n) is 4.23. The third-order valence-electron chi connectivity index (χ3n) is 6.27. The molecule has 2 aromatic carbocycles. The molecule has 0 unspecified atom stereocenters. The highest BCUT2D eigenvalue weighted by molar-refractivity contribution is 7.89. The van der Waals surface area contributed by atoms with E-state index in [0.29, 0.717) is 41.7 Å². The van der Waals surface area contributed by atoms with E-state index in [1.165, 1.54) is 33.4 Å². The van der Waals surface area contributed by atoms with Gasteiger partial charge in [-0.3, -0.25) is 4.79 Å².